The predicted molar refractivity (Wildman–Crippen MR) is 91.9 cm³/mol. The van der Waals surface area contributed by atoms with Crippen molar-refractivity contribution in [2.75, 3.05) is 0 Å². The van der Waals surface area contributed by atoms with E-state index in [0.717, 1.165) is 29.0 Å². The third-order valence-electron chi connectivity index (χ3n) is 5.14. The van der Waals surface area contributed by atoms with Crippen LogP contribution in [-0.2, 0) is 4.79 Å². The second kappa shape index (κ2) is 5.03. The Kier molecular flexibility index (Phi) is 3.17. The number of hydrogen-bond acceptors (Lipinski definition) is 4. The Labute approximate surface area is 140 Å². The summed E-state index contributed by atoms with van der Waals surface area (Å²) in [5, 5.41) is 17.0. The molecule has 4 rings (SSSR count). The van der Waals surface area contributed by atoms with Crippen LogP contribution >= 0.6 is 0 Å². The van der Waals surface area contributed by atoms with Crippen LogP contribution in [0.15, 0.2) is 29.3 Å². The fourth-order valence-electron chi connectivity index (χ4n) is 4.14. The Morgan fingerprint density at radius 3 is 2.58 bits per heavy atom. The molecule has 0 radical (unpaired) electrons. The Morgan fingerprint density at radius 1 is 1.17 bits per heavy atom. The summed E-state index contributed by atoms with van der Waals surface area (Å²) in [7, 11) is 0. The van der Waals surface area contributed by atoms with Gasteiger partial charge in [0, 0.05) is 29.3 Å². The number of aromatic nitrogens is 2. The van der Waals surface area contributed by atoms with Crippen LogP contribution in [0.4, 0.5) is 5.82 Å². The van der Waals surface area contributed by atoms with Gasteiger partial charge in [0.25, 0.3) is 0 Å². The molecule has 1 aromatic carbocycles. The molecule has 1 fully saturated rings. The molecule has 2 atom stereocenters. The number of ketones is 1. The lowest BCUT2D eigenvalue weighted by molar-refractivity contribution is -0.124. The molecule has 2 unspecified atom stereocenters. The van der Waals surface area contributed by atoms with Gasteiger partial charge in [0.2, 0.25) is 0 Å². The number of phenolic OH excluding ortho intramolecular Hbond substituents is 1. The van der Waals surface area contributed by atoms with E-state index in [1.807, 2.05) is 19.1 Å². The van der Waals surface area contributed by atoms with E-state index in [2.05, 4.69) is 24.0 Å². The highest BCUT2D eigenvalue weighted by atomic mass is 16.3. The highest BCUT2D eigenvalue weighted by Gasteiger charge is 2.46. The number of benzene rings is 1. The summed E-state index contributed by atoms with van der Waals surface area (Å²) >= 11 is 0. The molecule has 0 amide bonds. The molecular formula is C19H21N3O2. The van der Waals surface area contributed by atoms with E-state index in [9.17, 15) is 9.90 Å². The summed E-state index contributed by atoms with van der Waals surface area (Å²) < 4.78 is 0. The Hall–Kier alpha value is -2.43. The standard InChI is InChI=1S/C19H21N3O2/c1-10-15-16(11-4-6-12(23)7-5-11)17-13(20-18(15)22-21-10)8-19(2,3)9-14(17)24/h4-7,16-17,23H,8-9H2,1-3H3,(H,21,22). The first-order valence-corrected chi connectivity index (χ1v) is 8.30. The van der Waals surface area contributed by atoms with E-state index < -0.39 is 0 Å². The first kappa shape index (κ1) is 15.1. The Bertz CT molecular complexity index is 846. The van der Waals surface area contributed by atoms with Crippen molar-refractivity contribution in [2.45, 2.75) is 39.5 Å². The van der Waals surface area contributed by atoms with Crippen molar-refractivity contribution >= 4 is 17.3 Å². The van der Waals surface area contributed by atoms with Crippen molar-refractivity contribution in [3.05, 3.63) is 41.1 Å². The van der Waals surface area contributed by atoms with Gasteiger partial charge < -0.3 is 5.11 Å². The molecule has 1 aromatic heterocycles. The number of phenols is 1. The van der Waals surface area contributed by atoms with Gasteiger partial charge >= 0.3 is 0 Å². The highest BCUT2D eigenvalue weighted by molar-refractivity contribution is 6.11. The second-order valence-electron chi connectivity index (χ2n) is 7.72. The Balaban J connectivity index is 1.90. The fraction of sp³-hybridized carbons (Fsp3) is 0.421. The van der Waals surface area contributed by atoms with Gasteiger partial charge in [-0.1, -0.05) is 26.0 Å². The molecule has 124 valence electrons. The monoisotopic (exact) mass is 323 g/mol. The normalized spacial score (nSPS) is 25.0. The number of fused-ring (bicyclic) bond motifs is 2. The fourth-order valence-corrected chi connectivity index (χ4v) is 4.14. The number of aliphatic imine (C=N–C) groups is 1. The number of nitrogens with one attached hydrogen (secondary N) is 1. The molecule has 0 spiro atoms. The van der Waals surface area contributed by atoms with Crippen LogP contribution in [0.3, 0.4) is 0 Å². The summed E-state index contributed by atoms with van der Waals surface area (Å²) in [6.07, 6.45) is 1.38. The molecule has 5 heteroatoms. The maximum absolute atomic E-state index is 13.0. The van der Waals surface area contributed by atoms with E-state index in [1.165, 1.54) is 0 Å². The summed E-state index contributed by atoms with van der Waals surface area (Å²) in [5.74, 6) is 0.849. The molecule has 1 saturated carbocycles. The quantitative estimate of drug-likeness (QED) is 0.841. The van der Waals surface area contributed by atoms with Gasteiger partial charge in [-0.05, 0) is 36.5 Å². The van der Waals surface area contributed by atoms with Gasteiger partial charge in [0.05, 0.1) is 5.92 Å². The summed E-state index contributed by atoms with van der Waals surface area (Å²) in [5.41, 5.74) is 3.85. The smallest absolute Gasteiger partial charge is 0.177 e. The molecular weight excluding hydrogens is 302 g/mol. The van der Waals surface area contributed by atoms with Crippen molar-refractivity contribution in [3.63, 3.8) is 0 Å². The van der Waals surface area contributed by atoms with Gasteiger partial charge in [-0.2, -0.15) is 5.10 Å². The van der Waals surface area contributed by atoms with E-state index in [4.69, 9.17) is 4.99 Å². The minimum absolute atomic E-state index is 0.0607. The lowest BCUT2D eigenvalue weighted by Gasteiger charge is -2.40. The molecule has 1 aliphatic carbocycles. The zero-order valence-electron chi connectivity index (χ0n) is 14.1. The van der Waals surface area contributed by atoms with Crippen LogP contribution < -0.4 is 0 Å². The van der Waals surface area contributed by atoms with E-state index in [0.29, 0.717) is 12.2 Å². The van der Waals surface area contributed by atoms with Crippen molar-refractivity contribution in [1.82, 2.24) is 10.2 Å². The average Bonchev–Trinajstić information content (AvgIpc) is 2.86. The average molecular weight is 323 g/mol. The van der Waals surface area contributed by atoms with Crippen molar-refractivity contribution in [3.8, 4) is 5.75 Å². The summed E-state index contributed by atoms with van der Waals surface area (Å²) in [6, 6.07) is 7.14. The maximum Gasteiger partial charge on any atom is 0.177 e. The van der Waals surface area contributed by atoms with Crippen LogP contribution in [0.2, 0.25) is 0 Å². The van der Waals surface area contributed by atoms with Gasteiger partial charge in [0.15, 0.2) is 5.82 Å². The minimum Gasteiger partial charge on any atom is -0.508 e. The number of hydrogen-bond donors (Lipinski definition) is 2. The van der Waals surface area contributed by atoms with Gasteiger partial charge in [-0.3, -0.25) is 9.89 Å². The molecule has 2 heterocycles. The first-order valence-electron chi connectivity index (χ1n) is 8.30. The van der Waals surface area contributed by atoms with Gasteiger partial charge in [-0.15, -0.1) is 0 Å². The zero-order chi connectivity index (χ0) is 17.1. The number of nitrogens with zero attached hydrogens (tertiary/aromatic N) is 2. The number of aromatic hydroxyl groups is 1. The number of Topliss-reactive ketones (excluding diaryl/α,β-unsaturated/α-hetero) is 1. The number of rotatable bonds is 1. The van der Waals surface area contributed by atoms with E-state index in [-0.39, 0.29) is 28.8 Å². The molecule has 24 heavy (non-hydrogen) atoms. The molecule has 1 aliphatic heterocycles. The zero-order valence-corrected chi connectivity index (χ0v) is 14.1. The van der Waals surface area contributed by atoms with Gasteiger partial charge in [-0.25, -0.2) is 4.99 Å². The lowest BCUT2D eigenvalue weighted by Crippen LogP contribution is -2.42. The molecule has 2 aliphatic rings. The first-order chi connectivity index (χ1) is 11.4. The SMILES string of the molecule is Cc1[nH]nc2c1C(c1ccc(O)cc1)C1C(=O)CC(C)(C)CC1=N2. The van der Waals surface area contributed by atoms with Crippen LogP contribution in [0.1, 0.15) is 49.4 Å². The minimum atomic E-state index is -0.230. The summed E-state index contributed by atoms with van der Waals surface area (Å²) in [4.78, 5) is 17.7. The molecule has 0 saturated heterocycles. The van der Waals surface area contributed by atoms with Crippen molar-refractivity contribution in [1.29, 1.82) is 0 Å². The summed E-state index contributed by atoms with van der Waals surface area (Å²) in [6.45, 7) is 6.20. The largest absolute Gasteiger partial charge is 0.508 e. The highest BCUT2D eigenvalue weighted by Crippen LogP contribution is 2.49. The van der Waals surface area contributed by atoms with Crippen LogP contribution in [0.25, 0.3) is 0 Å². The van der Waals surface area contributed by atoms with Crippen molar-refractivity contribution < 1.29 is 9.90 Å². The lowest BCUT2D eigenvalue weighted by atomic mass is 9.64. The third-order valence-corrected chi connectivity index (χ3v) is 5.14. The number of H-pyrrole nitrogens is 1. The molecule has 2 N–H and O–H groups in total. The van der Waals surface area contributed by atoms with E-state index >= 15 is 0 Å². The molecule has 5 nitrogen and oxygen atoms in total. The predicted octanol–water partition coefficient (Wildman–Crippen LogP) is 3.65. The Morgan fingerprint density at radius 2 is 1.88 bits per heavy atom. The molecule has 0 bridgehead atoms. The number of aromatic amines is 1. The number of carbonyl (C=O) groups is 1. The van der Waals surface area contributed by atoms with Crippen molar-refractivity contribution in [2.24, 2.45) is 16.3 Å². The van der Waals surface area contributed by atoms with Crippen LogP contribution in [0.5, 0.6) is 5.75 Å². The second-order valence-corrected chi connectivity index (χ2v) is 7.72. The number of aryl methyl sites for hydroxylation is 1. The maximum atomic E-state index is 13.0. The van der Waals surface area contributed by atoms with Gasteiger partial charge in [0.1, 0.15) is 11.5 Å². The number of carbonyl (C=O) groups excluding carboxylic acids is 1. The molecule has 2 aromatic rings. The topological polar surface area (TPSA) is 78.3 Å². The van der Waals surface area contributed by atoms with Crippen LogP contribution in [0, 0.1) is 18.3 Å². The van der Waals surface area contributed by atoms with Crippen LogP contribution in [-0.4, -0.2) is 26.8 Å². The van der Waals surface area contributed by atoms with E-state index in [1.54, 1.807) is 12.1 Å². The third kappa shape index (κ3) is 2.27.